The summed E-state index contributed by atoms with van der Waals surface area (Å²) in [5.74, 6) is 0.783. The van der Waals surface area contributed by atoms with Gasteiger partial charge in [-0.1, -0.05) is 31.9 Å². The van der Waals surface area contributed by atoms with E-state index in [-0.39, 0.29) is 5.91 Å². The average Bonchev–Trinajstić information content (AvgIpc) is 2.45. The van der Waals surface area contributed by atoms with Gasteiger partial charge in [0.05, 0.1) is 6.61 Å². The zero-order valence-electron chi connectivity index (χ0n) is 12.3. The van der Waals surface area contributed by atoms with Crippen molar-refractivity contribution in [3.05, 3.63) is 29.8 Å². The van der Waals surface area contributed by atoms with Gasteiger partial charge in [0.2, 0.25) is 5.91 Å². The lowest BCUT2D eigenvalue weighted by atomic mass is 10.1. The molecule has 0 bridgehead atoms. The molecule has 1 rings (SSSR count). The van der Waals surface area contributed by atoms with Gasteiger partial charge in [0.1, 0.15) is 11.1 Å². The standard InChI is InChI=1S/C16H24ClNO2/c1-3-4-5-12-20-15-8-6-14(7-9-15)10-11-18-16(19)13(2)17/h6-9,13H,3-5,10-12H2,1-2H3,(H,18,19). The first-order valence-electron chi connectivity index (χ1n) is 7.27. The molecule has 0 heterocycles. The maximum atomic E-state index is 11.3. The lowest BCUT2D eigenvalue weighted by Gasteiger charge is -2.08. The fraction of sp³-hybridized carbons (Fsp3) is 0.562. The summed E-state index contributed by atoms with van der Waals surface area (Å²) >= 11 is 5.67. The van der Waals surface area contributed by atoms with Gasteiger partial charge >= 0.3 is 0 Å². The second-order valence-corrected chi connectivity index (χ2v) is 5.51. The van der Waals surface area contributed by atoms with E-state index in [1.807, 2.05) is 24.3 Å². The van der Waals surface area contributed by atoms with Crippen LogP contribution in [-0.4, -0.2) is 24.4 Å². The molecule has 0 spiro atoms. The molecule has 0 aliphatic heterocycles. The summed E-state index contributed by atoms with van der Waals surface area (Å²) in [6.07, 6.45) is 4.30. The minimum absolute atomic E-state index is 0.123. The summed E-state index contributed by atoms with van der Waals surface area (Å²) in [5.41, 5.74) is 1.17. The van der Waals surface area contributed by atoms with Crippen molar-refractivity contribution >= 4 is 17.5 Å². The van der Waals surface area contributed by atoms with Crippen molar-refractivity contribution in [3.8, 4) is 5.75 Å². The number of halogens is 1. The lowest BCUT2D eigenvalue weighted by Crippen LogP contribution is -2.31. The molecule has 1 amide bonds. The molecule has 112 valence electrons. The molecule has 1 aromatic rings. The van der Waals surface area contributed by atoms with E-state index in [0.717, 1.165) is 25.2 Å². The van der Waals surface area contributed by atoms with Crippen LogP contribution in [0.3, 0.4) is 0 Å². The predicted molar refractivity (Wildman–Crippen MR) is 83.5 cm³/mol. The van der Waals surface area contributed by atoms with E-state index in [9.17, 15) is 4.79 Å². The topological polar surface area (TPSA) is 38.3 Å². The van der Waals surface area contributed by atoms with Crippen molar-refractivity contribution in [1.29, 1.82) is 0 Å². The largest absolute Gasteiger partial charge is 0.494 e. The van der Waals surface area contributed by atoms with Crippen LogP contribution in [0.2, 0.25) is 0 Å². The first-order valence-corrected chi connectivity index (χ1v) is 7.70. The van der Waals surface area contributed by atoms with E-state index in [1.165, 1.54) is 18.4 Å². The van der Waals surface area contributed by atoms with Gasteiger partial charge in [0, 0.05) is 6.54 Å². The number of hydrogen-bond acceptors (Lipinski definition) is 2. The second kappa shape index (κ2) is 9.65. The van der Waals surface area contributed by atoms with Crippen molar-refractivity contribution in [2.75, 3.05) is 13.2 Å². The van der Waals surface area contributed by atoms with Gasteiger partial charge in [-0.05, 0) is 37.5 Å². The Morgan fingerprint density at radius 2 is 2.00 bits per heavy atom. The lowest BCUT2D eigenvalue weighted by molar-refractivity contribution is -0.120. The van der Waals surface area contributed by atoms with Crippen molar-refractivity contribution in [2.24, 2.45) is 0 Å². The zero-order chi connectivity index (χ0) is 14.8. The smallest absolute Gasteiger partial charge is 0.237 e. The Balaban J connectivity index is 2.26. The SMILES string of the molecule is CCCCCOc1ccc(CCNC(=O)C(C)Cl)cc1. The van der Waals surface area contributed by atoms with Gasteiger partial charge in [-0.15, -0.1) is 11.6 Å². The van der Waals surface area contributed by atoms with E-state index in [4.69, 9.17) is 16.3 Å². The summed E-state index contributed by atoms with van der Waals surface area (Å²) < 4.78 is 5.65. The third-order valence-corrected chi connectivity index (χ3v) is 3.21. The van der Waals surface area contributed by atoms with Gasteiger partial charge in [-0.25, -0.2) is 0 Å². The van der Waals surface area contributed by atoms with Gasteiger partial charge in [0.15, 0.2) is 0 Å². The first kappa shape index (κ1) is 16.8. The van der Waals surface area contributed by atoms with Crippen molar-refractivity contribution in [1.82, 2.24) is 5.32 Å². The number of amides is 1. The van der Waals surface area contributed by atoms with Gasteiger partial charge in [0.25, 0.3) is 0 Å². The molecular formula is C16H24ClNO2. The minimum atomic E-state index is -0.478. The van der Waals surface area contributed by atoms with Gasteiger partial charge in [-0.2, -0.15) is 0 Å². The summed E-state index contributed by atoms with van der Waals surface area (Å²) in [5, 5.41) is 2.31. The third kappa shape index (κ3) is 6.80. The Kier molecular flexibility index (Phi) is 8.12. The van der Waals surface area contributed by atoms with Crippen LogP contribution in [-0.2, 0) is 11.2 Å². The fourth-order valence-electron chi connectivity index (χ4n) is 1.77. The Morgan fingerprint density at radius 1 is 1.30 bits per heavy atom. The highest BCUT2D eigenvalue weighted by Crippen LogP contribution is 2.13. The summed E-state index contributed by atoms with van der Waals surface area (Å²) in [6.45, 7) is 5.23. The molecule has 0 aliphatic carbocycles. The number of carbonyl (C=O) groups excluding carboxylic acids is 1. The molecule has 0 saturated carbocycles. The Morgan fingerprint density at radius 3 is 2.60 bits per heavy atom. The number of alkyl halides is 1. The number of hydrogen-bond donors (Lipinski definition) is 1. The molecule has 1 unspecified atom stereocenters. The molecule has 0 radical (unpaired) electrons. The number of ether oxygens (including phenoxy) is 1. The zero-order valence-corrected chi connectivity index (χ0v) is 13.1. The van der Waals surface area contributed by atoms with Crippen LogP contribution in [0, 0.1) is 0 Å². The van der Waals surface area contributed by atoms with Gasteiger partial charge < -0.3 is 10.1 Å². The van der Waals surface area contributed by atoms with Crippen LogP contribution in [0.4, 0.5) is 0 Å². The number of rotatable bonds is 9. The third-order valence-electron chi connectivity index (χ3n) is 3.01. The number of carbonyl (C=O) groups is 1. The highest BCUT2D eigenvalue weighted by atomic mass is 35.5. The second-order valence-electron chi connectivity index (χ2n) is 4.86. The van der Waals surface area contributed by atoms with E-state index in [1.54, 1.807) is 6.92 Å². The van der Waals surface area contributed by atoms with E-state index < -0.39 is 5.38 Å². The molecule has 1 aromatic carbocycles. The molecule has 4 heteroatoms. The van der Waals surface area contributed by atoms with E-state index >= 15 is 0 Å². The first-order chi connectivity index (χ1) is 9.63. The Hall–Kier alpha value is -1.22. The average molecular weight is 298 g/mol. The molecule has 0 fully saturated rings. The Labute approximate surface area is 126 Å². The predicted octanol–water partition coefficient (Wildman–Crippen LogP) is 3.54. The Bertz CT molecular complexity index is 390. The fourth-order valence-corrected chi connectivity index (χ4v) is 1.84. The van der Waals surface area contributed by atoms with Crippen molar-refractivity contribution in [3.63, 3.8) is 0 Å². The summed E-state index contributed by atoms with van der Waals surface area (Å²) in [4.78, 5) is 11.3. The van der Waals surface area contributed by atoms with Crippen LogP contribution < -0.4 is 10.1 Å². The van der Waals surface area contributed by atoms with E-state index in [2.05, 4.69) is 12.2 Å². The summed E-state index contributed by atoms with van der Waals surface area (Å²) in [6, 6.07) is 8.03. The highest BCUT2D eigenvalue weighted by molar-refractivity contribution is 6.30. The molecule has 0 saturated heterocycles. The van der Waals surface area contributed by atoms with E-state index in [0.29, 0.717) is 6.54 Å². The monoisotopic (exact) mass is 297 g/mol. The van der Waals surface area contributed by atoms with Crippen LogP contribution in [0.1, 0.15) is 38.7 Å². The maximum Gasteiger partial charge on any atom is 0.237 e. The molecule has 3 nitrogen and oxygen atoms in total. The van der Waals surface area contributed by atoms with Crippen molar-refractivity contribution < 1.29 is 9.53 Å². The van der Waals surface area contributed by atoms with Crippen LogP contribution in [0.5, 0.6) is 5.75 Å². The van der Waals surface area contributed by atoms with Crippen LogP contribution in [0.25, 0.3) is 0 Å². The molecular weight excluding hydrogens is 274 g/mol. The minimum Gasteiger partial charge on any atom is -0.494 e. The molecule has 1 N–H and O–H groups in total. The molecule has 0 aromatic heterocycles. The maximum absolute atomic E-state index is 11.3. The van der Waals surface area contributed by atoms with Gasteiger partial charge in [-0.3, -0.25) is 4.79 Å². The molecule has 20 heavy (non-hydrogen) atoms. The number of benzene rings is 1. The van der Waals surface area contributed by atoms with Crippen LogP contribution in [0.15, 0.2) is 24.3 Å². The van der Waals surface area contributed by atoms with Crippen molar-refractivity contribution in [2.45, 2.75) is 44.9 Å². The normalized spacial score (nSPS) is 11.9. The quantitative estimate of drug-likeness (QED) is 0.559. The highest BCUT2D eigenvalue weighted by Gasteiger charge is 2.07. The molecule has 1 atom stereocenters. The summed E-state index contributed by atoms with van der Waals surface area (Å²) in [7, 11) is 0. The molecule has 0 aliphatic rings. The number of unbranched alkanes of at least 4 members (excludes halogenated alkanes) is 2. The van der Waals surface area contributed by atoms with Crippen LogP contribution >= 0.6 is 11.6 Å². The number of nitrogens with one attached hydrogen (secondary N) is 1.